The van der Waals surface area contributed by atoms with Gasteiger partial charge < -0.3 is 5.32 Å². The number of carbonyl (C=O) groups is 1. The minimum Gasteiger partial charge on any atom is -0.355 e. The number of rotatable bonds is 5. The van der Waals surface area contributed by atoms with Gasteiger partial charge in [-0.05, 0) is 25.3 Å². The van der Waals surface area contributed by atoms with Crippen molar-refractivity contribution in [1.82, 2.24) is 5.32 Å². The molecule has 0 saturated carbocycles. The Kier molecular flexibility index (Phi) is 5.07. The van der Waals surface area contributed by atoms with Gasteiger partial charge in [-0.1, -0.05) is 29.8 Å². The van der Waals surface area contributed by atoms with Crippen LogP contribution in [0.15, 0.2) is 24.3 Å². The third kappa shape index (κ3) is 4.61. The molecule has 84 valence electrons. The normalized spacial score (nSPS) is 9.50. The highest BCUT2D eigenvalue weighted by molar-refractivity contribution is 5.77. The van der Waals surface area contributed by atoms with Crippen LogP contribution < -0.4 is 5.32 Å². The predicted molar refractivity (Wildman–Crippen MR) is 62.7 cm³/mol. The molecule has 0 aliphatic heterocycles. The van der Waals surface area contributed by atoms with Crippen LogP contribution in [-0.4, -0.2) is 12.5 Å². The molecule has 3 heteroatoms. The third-order valence-corrected chi connectivity index (χ3v) is 2.32. The van der Waals surface area contributed by atoms with Crippen LogP contribution >= 0.6 is 0 Å². The van der Waals surface area contributed by atoms with Gasteiger partial charge in [0.1, 0.15) is 6.42 Å². The number of nitrogens with one attached hydrogen (secondary N) is 1. The number of hydrogen-bond donors (Lipinski definition) is 1. The van der Waals surface area contributed by atoms with E-state index in [9.17, 15) is 4.79 Å². The maximum Gasteiger partial charge on any atom is 0.234 e. The summed E-state index contributed by atoms with van der Waals surface area (Å²) in [6.07, 6.45) is 1.80. The Balaban J connectivity index is 2.19. The molecular formula is C13H16N2O. The Labute approximate surface area is 96.1 Å². The van der Waals surface area contributed by atoms with Crippen LogP contribution in [0.1, 0.15) is 24.0 Å². The van der Waals surface area contributed by atoms with Crippen molar-refractivity contribution in [3.8, 4) is 6.07 Å². The topological polar surface area (TPSA) is 52.9 Å². The van der Waals surface area contributed by atoms with Gasteiger partial charge in [0.15, 0.2) is 0 Å². The molecular weight excluding hydrogens is 200 g/mol. The number of carbonyl (C=O) groups excluding carboxylic acids is 1. The molecule has 0 aromatic heterocycles. The minimum atomic E-state index is -0.189. The van der Waals surface area contributed by atoms with Gasteiger partial charge >= 0.3 is 0 Å². The van der Waals surface area contributed by atoms with Gasteiger partial charge in [0.05, 0.1) is 6.07 Å². The Hall–Kier alpha value is -1.82. The number of nitriles is 1. The summed E-state index contributed by atoms with van der Waals surface area (Å²) < 4.78 is 0. The summed E-state index contributed by atoms with van der Waals surface area (Å²) >= 11 is 0. The van der Waals surface area contributed by atoms with Crippen molar-refractivity contribution >= 4 is 5.91 Å². The molecule has 1 rings (SSSR count). The summed E-state index contributed by atoms with van der Waals surface area (Å²) in [5.41, 5.74) is 2.53. The molecule has 0 heterocycles. The lowest BCUT2D eigenvalue weighted by Gasteiger charge is -2.03. The summed E-state index contributed by atoms with van der Waals surface area (Å²) in [7, 11) is 0. The van der Waals surface area contributed by atoms with E-state index in [-0.39, 0.29) is 12.3 Å². The van der Waals surface area contributed by atoms with E-state index >= 15 is 0 Å². The van der Waals surface area contributed by atoms with Gasteiger partial charge in [0.2, 0.25) is 5.91 Å². The predicted octanol–water partition coefficient (Wildman–Crippen LogP) is 1.96. The van der Waals surface area contributed by atoms with Crippen molar-refractivity contribution in [1.29, 1.82) is 5.26 Å². The highest BCUT2D eigenvalue weighted by atomic mass is 16.1. The highest BCUT2D eigenvalue weighted by Crippen LogP contribution is 2.05. The second-order valence-corrected chi connectivity index (χ2v) is 3.77. The van der Waals surface area contributed by atoms with E-state index in [4.69, 9.17) is 5.26 Å². The summed E-state index contributed by atoms with van der Waals surface area (Å²) in [5, 5.41) is 11.0. The van der Waals surface area contributed by atoms with Crippen LogP contribution in [-0.2, 0) is 11.2 Å². The van der Waals surface area contributed by atoms with Gasteiger partial charge in [-0.2, -0.15) is 5.26 Å². The number of nitrogens with zero attached hydrogens (tertiary/aromatic N) is 1. The summed E-state index contributed by atoms with van der Waals surface area (Å²) in [6, 6.07) is 10.2. The van der Waals surface area contributed by atoms with Gasteiger partial charge in [-0.15, -0.1) is 0 Å². The van der Waals surface area contributed by atoms with Crippen LogP contribution in [0.3, 0.4) is 0 Å². The second kappa shape index (κ2) is 6.62. The lowest BCUT2D eigenvalue weighted by molar-refractivity contribution is -0.120. The van der Waals surface area contributed by atoms with Crippen molar-refractivity contribution in [2.75, 3.05) is 6.54 Å². The van der Waals surface area contributed by atoms with E-state index in [0.717, 1.165) is 12.8 Å². The second-order valence-electron chi connectivity index (χ2n) is 3.77. The standard InChI is InChI=1S/C13H16N2O/c1-11-4-6-12(7-5-11)3-2-10-15-13(16)8-9-14/h4-7H,2-3,8,10H2,1H3,(H,15,16). The van der Waals surface area contributed by atoms with Crippen molar-refractivity contribution in [3.63, 3.8) is 0 Å². The van der Waals surface area contributed by atoms with E-state index in [1.165, 1.54) is 11.1 Å². The van der Waals surface area contributed by atoms with E-state index in [1.54, 1.807) is 0 Å². The van der Waals surface area contributed by atoms with Crippen LogP contribution in [0.4, 0.5) is 0 Å². The largest absolute Gasteiger partial charge is 0.355 e. The fourth-order valence-corrected chi connectivity index (χ4v) is 1.41. The maximum atomic E-state index is 11.0. The molecule has 0 aliphatic rings. The quantitative estimate of drug-likeness (QED) is 0.765. The van der Waals surface area contributed by atoms with Crippen LogP contribution in [0, 0.1) is 18.3 Å². The SMILES string of the molecule is Cc1ccc(CCCNC(=O)CC#N)cc1. The molecule has 1 aromatic rings. The van der Waals surface area contributed by atoms with E-state index in [1.807, 2.05) is 6.07 Å². The molecule has 3 nitrogen and oxygen atoms in total. The molecule has 0 saturated heterocycles. The Morgan fingerprint density at radius 1 is 1.38 bits per heavy atom. The van der Waals surface area contributed by atoms with Crippen molar-refractivity contribution < 1.29 is 4.79 Å². The van der Waals surface area contributed by atoms with Gasteiger partial charge in [-0.3, -0.25) is 4.79 Å². The monoisotopic (exact) mass is 216 g/mol. The number of hydrogen-bond acceptors (Lipinski definition) is 2. The van der Waals surface area contributed by atoms with Crippen LogP contribution in [0.25, 0.3) is 0 Å². The number of benzene rings is 1. The van der Waals surface area contributed by atoms with E-state index in [2.05, 4.69) is 36.5 Å². The molecule has 0 unspecified atom stereocenters. The molecule has 0 aliphatic carbocycles. The van der Waals surface area contributed by atoms with Crippen molar-refractivity contribution in [2.24, 2.45) is 0 Å². The molecule has 1 amide bonds. The molecule has 0 radical (unpaired) electrons. The molecule has 0 bridgehead atoms. The van der Waals surface area contributed by atoms with Crippen LogP contribution in [0.5, 0.6) is 0 Å². The Morgan fingerprint density at radius 2 is 2.06 bits per heavy atom. The maximum absolute atomic E-state index is 11.0. The highest BCUT2D eigenvalue weighted by Gasteiger charge is 1.98. The molecule has 0 spiro atoms. The molecule has 16 heavy (non-hydrogen) atoms. The fraction of sp³-hybridized carbons (Fsp3) is 0.385. The lowest BCUT2D eigenvalue weighted by atomic mass is 10.1. The third-order valence-electron chi connectivity index (χ3n) is 2.32. The summed E-state index contributed by atoms with van der Waals surface area (Å²) in [6.45, 7) is 2.69. The molecule has 0 atom stereocenters. The zero-order chi connectivity index (χ0) is 11.8. The average Bonchev–Trinajstić information content (AvgIpc) is 2.27. The number of aryl methyl sites for hydroxylation is 2. The number of amides is 1. The molecule has 1 N–H and O–H groups in total. The first-order valence-electron chi connectivity index (χ1n) is 5.41. The summed E-state index contributed by atoms with van der Waals surface area (Å²) in [4.78, 5) is 11.0. The van der Waals surface area contributed by atoms with Crippen molar-refractivity contribution in [2.45, 2.75) is 26.2 Å². The fourth-order valence-electron chi connectivity index (χ4n) is 1.41. The molecule has 1 aromatic carbocycles. The first-order chi connectivity index (χ1) is 7.72. The lowest BCUT2D eigenvalue weighted by Crippen LogP contribution is -2.23. The van der Waals surface area contributed by atoms with Gasteiger partial charge in [-0.25, -0.2) is 0 Å². The van der Waals surface area contributed by atoms with Crippen LogP contribution in [0.2, 0.25) is 0 Å². The van der Waals surface area contributed by atoms with Crippen molar-refractivity contribution in [3.05, 3.63) is 35.4 Å². The minimum absolute atomic E-state index is 0.0511. The Bertz CT molecular complexity index is 376. The van der Waals surface area contributed by atoms with E-state index in [0.29, 0.717) is 6.54 Å². The first-order valence-corrected chi connectivity index (χ1v) is 5.41. The Morgan fingerprint density at radius 3 is 2.69 bits per heavy atom. The van der Waals surface area contributed by atoms with Gasteiger partial charge in [0, 0.05) is 6.54 Å². The van der Waals surface area contributed by atoms with E-state index < -0.39 is 0 Å². The summed E-state index contributed by atoms with van der Waals surface area (Å²) in [5.74, 6) is -0.189. The smallest absolute Gasteiger partial charge is 0.234 e. The first kappa shape index (κ1) is 12.3. The zero-order valence-electron chi connectivity index (χ0n) is 9.49. The van der Waals surface area contributed by atoms with Gasteiger partial charge in [0.25, 0.3) is 0 Å². The zero-order valence-corrected chi connectivity index (χ0v) is 9.49. The average molecular weight is 216 g/mol. The molecule has 0 fully saturated rings.